The van der Waals surface area contributed by atoms with Gasteiger partial charge in [0.2, 0.25) is 0 Å². The van der Waals surface area contributed by atoms with E-state index in [0.717, 1.165) is 6.54 Å². The van der Waals surface area contributed by atoms with E-state index >= 15 is 0 Å². The van der Waals surface area contributed by atoms with E-state index in [1.165, 1.54) is 0 Å². The third kappa shape index (κ3) is 7.30. The van der Waals surface area contributed by atoms with E-state index in [1.807, 2.05) is 6.92 Å². The minimum absolute atomic E-state index is 0.177. The predicted octanol–water partition coefficient (Wildman–Crippen LogP) is -1.13. The first kappa shape index (κ1) is 11.2. The lowest BCUT2D eigenvalue weighted by molar-refractivity contribution is 0.233. The molecular weight excluding hydrogens is 158 g/mol. The molecule has 72 valence electrons. The molecular formula is C7H17N3O2. The molecule has 1 atom stereocenters. The van der Waals surface area contributed by atoms with Crippen molar-refractivity contribution in [2.45, 2.75) is 6.92 Å². The second kappa shape index (κ2) is 6.87. The van der Waals surface area contributed by atoms with Crippen LogP contribution in [0.3, 0.4) is 0 Å². The number of hydrogen-bond acceptors (Lipinski definition) is 3. The number of hydrogen-bond donors (Lipinski definition) is 4. The summed E-state index contributed by atoms with van der Waals surface area (Å²) >= 11 is 0. The minimum Gasteiger partial charge on any atom is -0.396 e. The molecule has 0 aliphatic carbocycles. The van der Waals surface area contributed by atoms with E-state index in [9.17, 15) is 4.79 Å². The molecule has 12 heavy (non-hydrogen) atoms. The zero-order chi connectivity index (χ0) is 9.40. The van der Waals surface area contributed by atoms with Crippen LogP contribution in [0.2, 0.25) is 0 Å². The number of aliphatic hydroxyl groups is 1. The number of nitrogens with one attached hydrogen (secondary N) is 2. The van der Waals surface area contributed by atoms with Crippen molar-refractivity contribution in [3.63, 3.8) is 0 Å². The molecule has 0 saturated carbocycles. The highest BCUT2D eigenvalue weighted by atomic mass is 16.3. The summed E-state index contributed by atoms with van der Waals surface area (Å²) in [7, 11) is 0. The number of rotatable bonds is 6. The van der Waals surface area contributed by atoms with Crippen molar-refractivity contribution < 1.29 is 9.90 Å². The summed E-state index contributed by atoms with van der Waals surface area (Å²) in [4.78, 5) is 10.2. The number of carbonyl (C=O) groups excluding carboxylic acids is 1. The second-order valence-corrected chi connectivity index (χ2v) is 2.78. The van der Waals surface area contributed by atoms with Gasteiger partial charge in [-0.15, -0.1) is 0 Å². The van der Waals surface area contributed by atoms with Crippen LogP contribution in [0.25, 0.3) is 0 Å². The van der Waals surface area contributed by atoms with E-state index in [1.54, 1.807) is 0 Å². The third-order valence-electron chi connectivity index (χ3n) is 1.41. The van der Waals surface area contributed by atoms with Crippen molar-refractivity contribution in [2.24, 2.45) is 11.7 Å². The molecule has 0 aliphatic heterocycles. The Morgan fingerprint density at radius 3 is 2.75 bits per heavy atom. The first-order valence-electron chi connectivity index (χ1n) is 4.01. The van der Waals surface area contributed by atoms with Crippen LogP contribution in [-0.4, -0.2) is 37.4 Å². The molecule has 5 N–H and O–H groups in total. The first-order chi connectivity index (χ1) is 5.66. The quantitative estimate of drug-likeness (QED) is 0.385. The molecule has 0 rings (SSSR count). The standard InChI is InChI=1S/C7H17N3O2/c1-6(5-11)4-9-2-3-10-7(8)12/h6,9,11H,2-5H2,1H3,(H3,8,10,12). The van der Waals surface area contributed by atoms with Gasteiger partial charge in [-0.1, -0.05) is 6.92 Å². The fourth-order valence-electron chi connectivity index (χ4n) is 0.687. The van der Waals surface area contributed by atoms with Crippen molar-refractivity contribution in [1.82, 2.24) is 10.6 Å². The molecule has 5 heteroatoms. The molecule has 0 spiro atoms. The van der Waals surface area contributed by atoms with Gasteiger partial charge in [0.15, 0.2) is 0 Å². The Morgan fingerprint density at radius 1 is 1.58 bits per heavy atom. The van der Waals surface area contributed by atoms with Gasteiger partial charge in [-0.3, -0.25) is 0 Å². The molecule has 0 aromatic rings. The van der Waals surface area contributed by atoms with E-state index in [-0.39, 0.29) is 12.5 Å². The predicted molar refractivity (Wildman–Crippen MR) is 46.7 cm³/mol. The van der Waals surface area contributed by atoms with Crippen LogP contribution >= 0.6 is 0 Å². The summed E-state index contributed by atoms with van der Waals surface area (Å²) in [6, 6.07) is -0.507. The summed E-state index contributed by atoms with van der Waals surface area (Å²) in [5.41, 5.74) is 4.84. The van der Waals surface area contributed by atoms with Gasteiger partial charge in [-0.05, 0) is 12.5 Å². The normalized spacial score (nSPS) is 12.5. The zero-order valence-electron chi connectivity index (χ0n) is 7.34. The summed E-state index contributed by atoms with van der Waals surface area (Å²) in [6.45, 7) is 4.06. The lowest BCUT2D eigenvalue weighted by Crippen LogP contribution is -2.36. The second-order valence-electron chi connectivity index (χ2n) is 2.78. The monoisotopic (exact) mass is 175 g/mol. The molecule has 0 fully saturated rings. The van der Waals surface area contributed by atoms with E-state index in [4.69, 9.17) is 10.8 Å². The Hall–Kier alpha value is -0.810. The Bertz CT molecular complexity index is 130. The van der Waals surface area contributed by atoms with Crippen LogP contribution in [0.1, 0.15) is 6.92 Å². The molecule has 0 aromatic heterocycles. The number of aliphatic hydroxyl groups excluding tert-OH is 1. The zero-order valence-corrected chi connectivity index (χ0v) is 7.34. The maximum Gasteiger partial charge on any atom is 0.312 e. The number of nitrogens with two attached hydrogens (primary N) is 1. The Balaban J connectivity index is 3.05. The van der Waals surface area contributed by atoms with Gasteiger partial charge in [0, 0.05) is 19.7 Å². The minimum atomic E-state index is -0.507. The highest BCUT2D eigenvalue weighted by Crippen LogP contribution is 1.87. The van der Waals surface area contributed by atoms with Gasteiger partial charge in [-0.2, -0.15) is 0 Å². The number of amides is 2. The third-order valence-corrected chi connectivity index (χ3v) is 1.41. The van der Waals surface area contributed by atoms with Crippen LogP contribution in [0, 0.1) is 5.92 Å². The maximum atomic E-state index is 10.2. The van der Waals surface area contributed by atoms with Crippen molar-refractivity contribution in [2.75, 3.05) is 26.2 Å². The SMILES string of the molecule is CC(CO)CNCCNC(N)=O. The van der Waals surface area contributed by atoms with Gasteiger partial charge in [0.25, 0.3) is 0 Å². The summed E-state index contributed by atoms with van der Waals surface area (Å²) in [6.07, 6.45) is 0. The van der Waals surface area contributed by atoms with E-state index in [0.29, 0.717) is 13.1 Å². The molecule has 0 heterocycles. The molecule has 5 nitrogen and oxygen atoms in total. The first-order valence-corrected chi connectivity index (χ1v) is 4.01. The fourth-order valence-corrected chi connectivity index (χ4v) is 0.687. The van der Waals surface area contributed by atoms with Gasteiger partial charge in [-0.25, -0.2) is 4.79 Å². The lowest BCUT2D eigenvalue weighted by atomic mass is 10.2. The summed E-state index contributed by atoms with van der Waals surface area (Å²) in [5, 5.41) is 14.2. The van der Waals surface area contributed by atoms with Crippen molar-refractivity contribution in [3.05, 3.63) is 0 Å². The molecule has 0 aromatic carbocycles. The summed E-state index contributed by atoms with van der Waals surface area (Å²) in [5.74, 6) is 0.249. The molecule has 0 saturated heterocycles. The van der Waals surface area contributed by atoms with E-state index < -0.39 is 6.03 Å². The smallest absolute Gasteiger partial charge is 0.312 e. The Kier molecular flexibility index (Phi) is 6.41. The highest BCUT2D eigenvalue weighted by Gasteiger charge is 1.97. The molecule has 0 aliphatic rings. The largest absolute Gasteiger partial charge is 0.396 e. The topological polar surface area (TPSA) is 87.4 Å². The van der Waals surface area contributed by atoms with E-state index in [2.05, 4.69) is 10.6 Å². The Morgan fingerprint density at radius 2 is 2.25 bits per heavy atom. The van der Waals surface area contributed by atoms with Crippen molar-refractivity contribution in [1.29, 1.82) is 0 Å². The maximum absolute atomic E-state index is 10.2. The average Bonchev–Trinajstić information content (AvgIpc) is 2.03. The molecule has 1 unspecified atom stereocenters. The lowest BCUT2D eigenvalue weighted by Gasteiger charge is -2.08. The molecule has 0 radical (unpaired) electrons. The van der Waals surface area contributed by atoms with Crippen molar-refractivity contribution >= 4 is 6.03 Å². The van der Waals surface area contributed by atoms with Gasteiger partial charge in [0.1, 0.15) is 0 Å². The van der Waals surface area contributed by atoms with Gasteiger partial charge >= 0.3 is 6.03 Å². The van der Waals surface area contributed by atoms with Crippen LogP contribution in [0.5, 0.6) is 0 Å². The Labute approximate surface area is 72.3 Å². The van der Waals surface area contributed by atoms with Crippen LogP contribution in [0.4, 0.5) is 4.79 Å². The summed E-state index contributed by atoms with van der Waals surface area (Å²) < 4.78 is 0. The molecule has 0 bridgehead atoms. The van der Waals surface area contributed by atoms with Crippen molar-refractivity contribution in [3.8, 4) is 0 Å². The van der Waals surface area contributed by atoms with Crippen LogP contribution in [0.15, 0.2) is 0 Å². The van der Waals surface area contributed by atoms with Gasteiger partial charge < -0.3 is 21.5 Å². The highest BCUT2D eigenvalue weighted by molar-refractivity contribution is 5.71. The van der Waals surface area contributed by atoms with Gasteiger partial charge in [0.05, 0.1) is 0 Å². The number of primary amides is 1. The number of urea groups is 1. The van der Waals surface area contributed by atoms with Crippen LogP contribution < -0.4 is 16.4 Å². The molecule has 2 amide bonds. The number of carbonyl (C=O) groups is 1. The average molecular weight is 175 g/mol. The van der Waals surface area contributed by atoms with Crippen LogP contribution in [-0.2, 0) is 0 Å². The fraction of sp³-hybridized carbons (Fsp3) is 0.857.